The van der Waals surface area contributed by atoms with E-state index in [2.05, 4.69) is 0 Å². The Kier molecular flexibility index (Phi) is 5.22. The molecule has 0 aliphatic heterocycles. The number of benzene rings is 1. The second-order valence-corrected chi connectivity index (χ2v) is 5.20. The summed E-state index contributed by atoms with van der Waals surface area (Å²) >= 11 is 11.8. The molecule has 94 valence electrons. The van der Waals surface area contributed by atoms with Gasteiger partial charge in [0.2, 0.25) is 0 Å². The maximum atomic E-state index is 10.9. The van der Waals surface area contributed by atoms with Crippen LogP contribution < -0.4 is 0 Å². The lowest BCUT2D eigenvalue weighted by molar-refractivity contribution is -0.385. The average molecular weight is 276 g/mol. The molecular weight excluding hydrogens is 261 g/mol. The molecule has 0 N–H and O–H groups in total. The zero-order valence-corrected chi connectivity index (χ0v) is 11.3. The standard InChI is InChI=1S/C12H15Cl2NO2/c1-3-9(8(2)13)6-10-4-5-11(14)7-12(10)15(16)17/h4-5,7-9H,3,6H2,1-2H3. The van der Waals surface area contributed by atoms with Gasteiger partial charge in [-0.15, -0.1) is 11.6 Å². The third-order valence-corrected chi connectivity index (χ3v) is 3.49. The molecule has 1 rings (SSSR count). The summed E-state index contributed by atoms with van der Waals surface area (Å²) in [7, 11) is 0. The van der Waals surface area contributed by atoms with Crippen molar-refractivity contribution in [2.75, 3.05) is 0 Å². The molecule has 5 heteroatoms. The Morgan fingerprint density at radius 3 is 2.59 bits per heavy atom. The van der Waals surface area contributed by atoms with E-state index < -0.39 is 4.92 Å². The quantitative estimate of drug-likeness (QED) is 0.453. The van der Waals surface area contributed by atoms with Gasteiger partial charge in [0.1, 0.15) is 0 Å². The molecular formula is C12H15Cl2NO2. The fourth-order valence-corrected chi connectivity index (χ4v) is 2.23. The number of nitrogens with zero attached hydrogens (tertiary/aromatic N) is 1. The van der Waals surface area contributed by atoms with Crippen molar-refractivity contribution < 1.29 is 4.92 Å². The minimum Gasteiger partial charge on any atom is -0.258 e. The summed E-state index contributed by atoms with van der Waals surface area (Å²) in [5.74, 6) is 0.233. The van der Waals surface area contributed by atoms with Crippen molar-refractivity contribution in [2.24, 2.45) is 5.92 Å². The first kappa shape index (κ1) is 14.3. The van der Waals surface area contributed by atoms with Crippen LogP contribution in [0.25, 0.3) is 0 Å². The molecule has 1 aromatic carbocycles. The number of rotatable bonds is 5. The second kappa shape index (κ2) is 6.22. The molecule has 2 atom stereocenters. The first-order valence-corrected chi connectivity index (χ1v) is 6.34. The molecule has 0 spiro atoms. The van der Waals surface area contributed by atoms with E-state index in [-0.39, 0.29) is 17.0 Å². The maximum Gasteiger partial charge on any atom is 0.274 e. The summed E-state index contributed by atoms with van der Waals surface area (Å²) in [6.45, 7) is 3.95. The lowest BCUT2D eigenvalue weighted by Gasteiger charge is -2.17. The number of halogens is 2. The summed E-state index contributed by atoms with van der Waals surface area (Å²) in [5.41, 5.74) is 0.770. The van der Waals surface area contributed by atoms with Gasteiger partial charge < -0.3 is 0 Å². The van der Waals surface area contributed by atoms with E-state index in [4.69, 9.17) is 23.2 Å². The minimum absolute atomic E-state index is 0.00437. The van der Waals surface area contributed by atoms with E-state index in [9.17, 15) is 10.1 Å². The highest BCUT2D eigenvalue weighted by molar-refractivity contribution is 6.30. The number of alkyl halides is 1. The fourth-order valence-electron chi connectivity index (χ4n) is 1.79. The maximum absolute atomic E-state index is 10.9. The molecule has 0 saturated carbocycles. The van der Waals surface area contributed by atoms with Gasteiger partial charge in [0, 0.05) is 22.0 Å². The van der Waals surface area contributed by atoms with Crippen LogP contribution in [0.1, 0.15) is 25.8 Å². The van der Waals surface area contributed by atoms with Crippen molar-refractivity contribution in [1.29, 1.82) is 0 Å². The zero-order valence-electron chi connectivity index (χ0n) is 9.82. The van der Waals surface area contributed by atoms with Crippen LogP contribution in [-0.4, -0.2) is 10.3 Å². The van der Waals surface area contributed by atoms with Gasteiger partial charge in [-0.25, -0.2) is 0 Å². The van der Waals surface area contributed by atoms with Crippen molar-refractivity contribution in [3.63, 3.8) is 0 Å². The first-order valence-electron chi connectivity index (χ1n) is 5.52. The molecule has 0 saturated heterocycles. The SMILES string of the molecule is CCC(Cc1ccc(Cl)cc1[N+](=O)[O-])C(C)Cl. The van der Waals surface area contributed by atoms with E-state index in [1.54, 1.807) is 12.1 Å². The largest absolute Gasteiger partial charge is 0.274 e. The molecule has 2 unspecified atom stereocenters. The number of hydrogen-bond acceptors (Lipinski definition) is 2. The summed E-state index contributed by atoms with van der Waals surface area (Å²) in [5, 5.41) is 11.3. The van der Waals surface area contributed by atoms with E-state index in [0.29, 0.717) is 17.0 Å². The molecule has 0 aromatic heterocycles. The Morgan fingerprint density at radius 1 is 1.47 bits per heavy atom. The molecule has 0 bridgehead atoms. The van der Waals surface area contributed by atoms with Crippen molar-refractivity contribution >= 4 is 28.9 Å². The minimum atomic E-state index is -0.396. The second-order valence-electron chi connectivity index (χ2n) is 4.08. The normalized spacial score (nSPS) is 14.4. The summed E-state index contributed by atoms with van der Waals surface area (Å²) in [6.07, 6.45) is 1.50. The van der Waals surface area contributed by atoms with Gasteiger partial charge in [0.25, 0.3) is 5.69 Å². The third-order valence-electron chi connectivity index (χ3n) is 2.90. The number of nitro benzene ring substituents is 1. The molecule has 3 nitrogen and oxygen atoms in total. The van der Waals surface area contributed by atoms with Gasteiger partial charge in [-0.3, -0.25) is 10.1 Å². The van der Waals surface area contributed by atoms with Crippen molar-refractivity contribution in [2.45, 2.75) is 32.1 Å². The Hall–Kier alpha value is -0.800. The highest BCUT2D eigenvalue weighted by Gasteiger charge is 2.20. The van der Waals surface area contributed by atoms with Gasteiger partial charge in [-0.05, 0) is 25.3 Å². The Labute approximate surface area is 111 Å². The molecule has 0 fully saturated rings. The summed E-state index contributed by atoms with van der Waals surface area (Å²) < 4.78 is 0. The third kappa shape index (κ3) is 3.86. The fraction of sp³-hybridized carbons (Fsp3) is 0.500. The molecule has 0 amide bonds. The lowest BCUT2D eigenvalue weighted by atomic mass is 9.93. The van der Waals surface area contributed by atoms with Gasteiger partial charge in [0.15, 0.2) is 0 Å². The monoisotopic (exact) mass is 275 g/mol. The van der Waals surface area contributed by atoms with Crippen LogP contribution in [0.3, 0.4) is 0 Å². The van der Waals surface area contributed by atoms with Gasteiger partial charge in [-0.1, -0.05) is 31.0 Å². The van der Waals surface area contributed by atoms with Crippen LogP contribution >= 0.6 is 23.2 Å². The Morgan fingerprint density at radius 2 is 2.12 bits per heavy atom. The molecule has 0 aliphatic carbocycles. The van der Waals surface area contributed by atoms with Crippen molar-refractivity contribution in [3.8, 4) is 0 Å². The van der Waals surface area contributed by atoms with Gasteiger partial charge >= 0.3 is 0 Å². The summed E-state index contributed by atoms with van der Waals surface area (Å²) in [6, 6.07) is 4.78. The lowest BCUT2D eigenvalue weighted by Crippen LogP contribution is -2.14. The molecule has 0 heterocycles. The molecule has 17 heavy (non-hydrogen) atoms. The van der Waals surface area contributed by atoms with E-state index in [1.807, 2.05) is 13.8 Å². The van der Waals surface area contributed by atoms with Crippen LogP contribution in [0.15, 0.2) is 18.2 Å². The highest BCUT2D eigenvalue weighted by Crippen LogP contribution is 2.28. The summed E-state index contributed by atoms with van der Waals surface area (Å²) in [4.78, 5) is 10.5. The van der Waals surface area contributed by atoms with Gasteiger partial charge in [-0.2, -0.15) is 0 Å². The van der Waals surface area contributed by atoms with E-state index >= 15 is 0 Å². The predicted molar refractivity (Wildman–Crippen MR) is 70.9 cm³/mol. The van der Waals surface area contributed by atoms with Crippen LogP contribution in [0.4, 0.5) is 5.69 Å². The van der Waals surface area contributed by atoms with Crippen LogP contribution in [0.5, 0.6) is 0 Å². The van der Waals surface area contributed by atoms with Crippen molar-refractivity contribution in [3.05, 3.63) is 38.9 Å². The van der Waals surface area contributed by atoms with Crippen LogP contribution in [0, 0.1) is 16.0 Å². The molecule has 0 aliphatic rings. The zero-order chi connectivity index (χ0) is 13.0. The Bertz CT molecular complexity index is 407. The van der Waals surface area contributed by atoms with Crippen LogP contribution in [-0.2, 0) is 6.42 Å². The van der Waals surface area contributed by atoms with Gasteiger partial charge in [0.05, 0.1) is 4.92 Å². The smallest absolute Gasteiger partial charge is 0.258 e. The number of hydrogen-bond donors (Lipinski definition) is 0. The first-order chi connectivity index (χ1) is 7.95. The Balaban J connectivity index is 3.01. The predicted octanol–water partition coefficient (Wildman–Crippen LogP) is 4.44. The molecule has 1 aromatic rings. The highest BCUT2D eigenvalue weighted by atomic mass is 35.5. The average Bonchev–Trinajstić information content (AvgIpc) is 2.26. The molecule has 0 radical (unpaired) electrons. The van der Waals surface area contributed by atoms with E-state index in [1.165, 1.54) is 6.07 Å². The number of nitro groups is 1. The topological polar surface area (TPSA) is 43.1 Å². The van der Waals surface area contributed by atoms with Crippen molar-refractivity contribution in [1.82, 2.24) is 0 Å². The van der Waals surface area contributed by atoms with E-state index in [0.717, 1.165) is 6.42 Å². The van der Waals surface area contributed by atoms with Crippen LogP contribution in [0.2, 0.25) is 5.02 Å².